The molecule has 0 amide bonds. The second-order valence-corrected chi connectivity index (χ2v) is 5.00. The molecule has 0 radical (unpaired) electrons. The summed E-state index contributed by atoms with van der Waals surface area (Å²) in [6, 6.07) is 6.26. The van der Waals surface area contributed by atoms with Gasteiger partial charge in [0.1, 0.15) is 0 Å². The van der Waals surface area contributed by atoms with Gasteiger partial charge in [0.2, 0.25) is 0 Å². The van der Waals surface area contributed by atoms with E-state index >= 15 is 0 Å². The highest BCUT2D eigenvalue weighted by Gasteiger charge is 2.41. The predicted molar refractivity (Wildman–Crippen MR) is 57.9 cm³/mol. The van der Waals surface area contributed by atoms with Gasteiger partial charge in [0.25, 0.3) is 0 Å². The first-order valence-electron chi connectivity index (χ1n) is 4.81. The molecule has 3 aliphatic carbocycles. The van der Waals surface area contributed by atoms with Gasteiger partial charge in [0.05, 0.1) is 5.71 Å². The first-order chi connectivity index (χ1) is 6.79. The Morgan fingerprint density at radius 1 is 1.29 bits per heavy atom. The zero-order valence-electron chi connectivity index (χ0n) is 7.57. The number of rotatable bonds is 0. The molecular weight excluding hydrogens is 242 g/mol. The summed E-state index contributed by atoms with van der Waals surface area (Å²) in [5, 5.41) is 12.4. The SMILES string of the molecule is O/N=C1\c2cc(Br)ccc2C2CC1C2. The standard InChI is InChI=1S/C11H10BrNO/c12-8-1-2-9-6-3-7(4-6)11(13-14)10(9)5-8/h1-2,5-7,14H,3-4H2/b13-11-. The van der Waals surface area contributed by atoms with E-state index in [4.69, 9.17) is 5.21 Å². The lowest BCUT2D eigenvalue weighted by atomic mass is 9.61. The highest BCUT2D eigenvalue weighted by molar-refractivity contribution is 9.10. The Kier molecular flexibility index (Phi) is 1.71. The first kappa shape index (κ1) is 8.48. The van der Waals surface area contributed by atoms with Gasteiger partial charge in [-0.15, -0.1) is 0 Å². The third-order valence-electron chi connectivity index (χ3n) is 3.36. The second-order valence-electron chi connectivity index (χ2n) is 4.08. The molecule has 2 bridgehead atoms. The lowest BCUT2D eigenvalue weighted by molar-refractivity contribution is 0.286. The molecule has 3 aliphatic rings. The van der Waals surface area contributed by atoms with Crippen molar-refractivity contribution in [1.29, 1.82) is 0 Å². The minimum atomic E-state index is 0.492. The minimum absolute atomic E-state index is 0.492. The predicted octanol–water partition coefficient (Wildman–Crippen LogP) is 3.13. The summed E-state index contributed by atoms with van der Waals surface area (Å²) in [5.74, 6) is 1.19. The summed E-state index contributed by atoms with van der Waals surface area (Å²) < 4.78 is 1.05. The fourth-order valence-corrected chi connectivity index (χ4v) is 2.92. The molecule has 1 saturated carbocycles. The average Bonchev–Trinajstić information content (AvgIpc) is 2.14. The van der Waals surface area contributed by atoms with Crippen molar-refractivity contribution in [3.63, 3.8) is 0 Å². The zero-order chi connectivity index (χ0) is 9.71. The van der Waals surface area contributed by atoms with Crippen molar-refractivity contribution in [2.45, 2.75) is 18.8 Å². The van der Waals surface area contributed by atoms with Crippen molar-refractivity contribution in [1.82, 2.24) is 0 Å². The second kappa shape index (κ2) is 2.83. The van der Waals surface area contributed by atoms with Crippen LogP contribution in [0.15, 0.2) is 27.8 Å². The number of hydrogen-bond acceptors (Lipinski definition) is 2. The molecule has 1 aromatic rings. The molecule has 72 valence electrons. The molecule has 3 heteroatoms. The van der Waals surface area contributed by atoms with Crippen molar-refractivity contribution < 1.29 is 5.21 Å². The molecule has 1 fully saturated rings. The van der Waals surface area contributed by atoms with E-state index in [0.717, 1.165) is 28.6 Å². The Morgan fingerprint density at radius 3 is 2.79 bits per heavy atom. The van der Waals surface area contributed by atoms with E-state index in [-0.39, 0.29) is 0 Å². The number of hydrogen-bond donors (Lipinski definition) is 1. The van der Waals surface area contributed by atoms with Crippen LogP contribution in [-0.4, -0.2) is 10.9 Å². The van der Waals surface area contributed by atoms with E-state index in [1.807, 2.05) is 0 Å². The Morgan fingerprint density at radius 2 is 2.07 bits per heavy atom. The van der Waals surface area contributed by atoms with Gasteiger partial charge >= 0.3 is 0 Å². The van der Waals surface area contributed by atoms with Crippen LogP contribution < -0.4 is 0 Å². The van der Waals surface area contributed by atoms with Crippen molar-refractivity contribution in [2.75, 3.05) is 0 Å². The Hall–Kier alpha value is -0.830. The van der Waals surface area contributed by atoms with Gasteiger partial charge < -0.3 is 5.21 Å². The third kappa shape index (κ3) is 0.989. The molecule has 1 N–H and O–H groups in total. The van der Waals surface area contributed by atoms with Crippen molar-refractivity contribution in [3.8, 4) is 0 Å². The average molecular weight is 252 g/mol. The normalized spacial score (nSPS) is 31.1. The highest BCUT2D eigenvalue weighted by Crippen LogP contribution is 2.50. The lowest BCUT2D eigenvalue weighted by Crippen LogP contribution is -2.36. The third-order valence-corrected chi connectivity index (χ3v) is 3.86. The summed E-state index contributed by atoms with van der Waals surface area (Å²) in [5.41, 5.74) is 3.36. The lowest BCUT2D eigenvalue weighted by Gasteiger charge is -2.42. The van der Waals surface area contributed by atoms with E-state index in [2.05, 4.69) is 39.3 Å². The molecule has 0 spiro atoms. The maximum Gasteiger partial charge on any atom is 0.0902 e. The van der Waals surface area contributed by atoms with Gasteiger partial charge in [-0.2, -0.15) is 0 Å². The van der Waals surface area contributed by atoms with Crippen molar-refractivity contribution >= 4 is 21.6 Å². The van der Waals surface area contributed by atoms with E-state index in [9.17, 15) is 0 Å². The van der Waals surface area contributed by atoms with Gasteiger partial charge in [-0.3, -0.25) is 0 Å². The van der Waals surface area contributed by atoms with Crippen LogP contribution in [0.2, 0.25) is 0 Å². The molecule has 0 unspecified atom stereocenters. The van der Waals surface area contributed by atoms with Gasteiger partial charge in [-0.05, 0) is 36.5 Å². The first-order valence-corrected chi connectivity index (χ1v) is 5.60. The summed E-state index contributed by atoms with van der Waals surface area (Å²) >= 11 is 3.45. The number of nitrogens with zero attached hydrogens (tertiary/aromatic N) is 1. The van der Waals surface area contributed by atoms with Crippen LogP contribution in [0.3, 0.4) is 0 Å². The molecule has 0 aromatic heterocycles. The van der Waals surface area contributed by atoms with Gasteiger partial charge in [0, 0.05) is 16.0 Å². The van der Waals surface area contributed by atoms with Crippen LogP contribution in [0, 0.1) is 5.92 Å². The van der Waals surface area contributed by atoms with Crippen molar-refractivity contribution in [3.05, 3.63) is 33.8 Å². The minimum Gasteiger partial charge on any atom is -0.411 e. The van der Waals surface area contributed by atoms with Crippen LogP contribution >= 0.6 is 15.9 Å². The summed E-state index contributed by atoms with van der Waals surface area (Å²) in [6.07, 6.45) is 2.32. The Bertz CT molecular complexity index is 421. The fraction of sp³-hybridized carbons (Fsp3) is 0.364. The number of benzene rings is 1. The number of oxime groups is 1. The van der Waals surface area contributed by atoms with Gasteiger partial charge in [0.15, 0.2) is 0 Å². The summed E-state index contributed by atoms with van der Waals surface area (Å²) in [6.45, 7) is 0. The fourth-order valence-electron chi connectivity index (χ4n) is 2.56. The van der Waals surface area contributed by atoms with Crippen LogP contribution in [0.1, 0.15) is 29.9 Å². The van der Waals surface area contributed by atoms with Crippen LogP contribution in [0.5, 0.6) is 0 Å². The molecule has 2 nitrogen and oxygen atoms in total. The quantitative estimate of drug-likeness (QED) is 0.558. The molecule has 0 atom stereocenters. The molecule has 4 rings (SSSR count). The van der Waals surface area contributed by atoms with Gasteiger partial charge in [-0.1, -0.05) is 27.2 Å². The molecule has 0 saturated heterocycles. The maximum atomic E-state index is 9.00. The zero-order valence-corrected chi connectivity index (χ0v) is 9.16. The Balaban J connectivity index is 2.22. The van der Waals surface area contributed by atoms with Crippen molar-refractivity contribution in [2.24, 2.45) is 11.1 Å². The largest absolute Gasteiger partial charge is 0.411 e. The molecule has 14 heavy (non-hydrogen) atoms. The maximum absolute atomic E-state index is 9.00. The van der Waals surface area contributed by atoms with E-state index in [1.165, 1.54) is 5.56 Å². The van der Waals surface area contributed by atoms with Crippen LogP contribution in [0.4, 0.5) is 0 Å². The molecule has 1 aromatic carbocycles. The van der Waals surface area contributed by atoms with Gasteiger partial charge in [-0.25, -0.2) is 0 Å². The monoisotopic (exact) mass is 251 g/mol. The Labute approximate surface area is 90.8 Å². The van der Waals surface area contributed by atoms with Crippen LogP contribution in [-0.2, 0) is 0 Å². The molecular formula is C11H10BrNO. The molecule has 0 heterocycles. The van der Waals surface area contributed by atoms with E-state index < -0.39 is 0 Å². The van der Waals surface area contributed by atoms with Crippen LogP contribution in [0.25, 0.3) is 0 Å². The topological polar surface area (TPSA) is 32.6 Å². The summed E-state index contributed by atoms with van der Waals surface area (Å²) in [4.78, 5) is 0. The smallest absolute Gasteiger partial charge is 0.0902 e. The molecule has 0 aliphatic heterocycles. The van der Waals surface area contributed by atoms with E-state index in [1.54, 1.807) is 0 Å². The van der Waals surface area contributed by atoms with E-state index in [0.29, 0.717) is 11.8 Å². The highest BCUT2D eigenvalue weighted by atomic mass is 79.9. The summed E-state index contributed by atoms with van der Waals surface area (Å²) in [7, 11) is 0. The number of halogens is 1.